The van der Waals surface area contributed by atoms with Gasteiger partial charge in [-0.25, -0.2) is 5.01 Å². The summed E-state index contributed by atoms with van der Waals surface area (Å²) in [5.41, 5.74) is 3.47. The monoisotopic (exact) mass is 156 g/mol. The molecule has 0 spiro atoms. The largest absolute Gasteiger partial charge is 0.252 e. The summed E-state index contributed by atoms with van der Waals surface area (Å²) in [4.78, 5) is 0. The van der Waals surface area contributed by atoms with Crippen LogP contribution in [0.3, 0.4) is 0 Å². The fourth-order valence-electron chi connectivity index (χ4n) is 1.76. The highest BCUT2D eigenvalue weighted by atomic mass is 15.5. The van der Waals surface area contributed by atoms with Crippen LogP contribution < -0.4 is 5.43 Å². The van der Waals surface area contributed by atoms with Gasteiger partial charge >= 0.3 is 0 Å². The standard InChI is InChI=1S/C9H20N2/c1-7(2)5-9-6-8(3)11(4)10-9/h7-10H,5-6H2,1-4H3. The van der Waals surface area contributed by atoms with Gasteiger partial charge in [0.2, 0.25) is 0 Å². The van der Waals surface area contributed by atoms with E-state index in [9.17, 15) is 0 Å². The maximum absolute atomic E-state index is 3.47. The van der Waals surface area contributed by atoms with Gasteiger partial charge in [0, 0.05) is 19.1 Å². The van der Waals surface area contributed by atoms with Crippen LogP contribution in [0.1, 0.15) is 33.6 Å². The molecule has 1 fully saturated rings. The van der Waals surface area contributed by atoms with Crippen molar-refractivity contribution < 1.29 is 0 Å². The van der Waals surface area contributed by atoms with Crippen LogP contribution in [-0.4, -0.2) is 24.1 Å². The summed E-state index contributed by atoms with van der Waals surface area (Å²) in [5, 5.41) is 2.23. The summed E-state index contributed by atoms with van der Waals surface area (Å²) in [5.74, 6) is 0.811. The molecular weight excluding hydrogens is 136 g/mol. The minimum Gasteiger partial charge on any atom is -0.252 e. The molecule has 2 atom stereocenters. The summed E-state index contributed by atoms with van der Waals surface area (Å²) in [7, 11) is 2.13. The summed E-state index contributed by atoms with van der Waals surface area (Å²) in [6.07, 6.45) is 2.60. The van der Waals surface area contributed by atoms with Crippen molar-refractivity contribution >= 4 is 0 Å². The van der Waals surface area contributed by atoms with E-state index in [0.29, 0.717) is 6.04 Å². The van der Waals surface area contributed by atoms with E-state index >= 15 is 0 Å². The van der Waals surface area contributed by atoms with Crippen LogP contribution in [0.5, 0.6) is 0 Å². The first-order valence-electron chi connectivity index (χ1n) is 4.58. The fraction of sp³-hybridized carbons (Fsp3) is 1.00. The first-order valence-corrected chi connectivity index (χ1v) is 4.58. The number of nitrogens with one attached hydrogen (secondary N) is 1. The van der Waals surface area contributed by atoms with E-state index < -0.39 is 0 Å². The van der Waals surface area contributed by atoms with Crippen LogP contribution >= 0.6 is 0 Å². The summed E-state index contributed by atoms with van der Waals surface area (Å²) < 4.78 is 0. The number of hydrogen-bond donors (Lipinski definition) is 1. The zero-order valence-electron chi connectivity index (χ0n) is 8.09. The maximum Gasteiger partial charge on any atom is 0.0233 e. The Bertz CT molecular complexity index is 110. The van der Waals surface area contributed by atoms with Gasteiger partial charge in [0.1, 0.15) is 0 Å². The number of hydrazine groups is 1. The molecule has 1 heterocycles. The molecule has 11 heavy (non-hydrogen) atoms. The zero-order valence-corrected chi connectivity index (χ0v) is 8.09. The Hall–Kier alpha value is -0.0800. The van der Waals surface area contributed by atoms with Crippen LogP contribution in [0.15, 0.2) is 0 Å². The van der Waals surface area contributed by atoms with Gasteiger partial charge in [-0.2, -0.15) is 0 Å². The quantitative estimate of drug-likeness (QED) is 0.653. The first-order chi connectivity index (χ1) is 5.09. The molecule has 0 amide bonds. The average Bonchev–Trinajstić information content (AvgIpc) is 2.10. The Morgan fingerprint density at radius 2 is 2.18 bits per heavy atom. The van der Waals surface area contributed by atoms with E-state index in [1.807, 2.05) is 0 Å². The lowest BCUT2D eigenvalue weighted by atomic mass is 10.0. The molecule has 2 unspecified atom stereocenters. The SMILES string of the molecule is CC(C)CC1CC(C)N(C)N1. The van der Waals surface area contributed by atoms with Crippen molar-refractivity contribution in [3.63, 3.8) is 0 Å². The van der Waals surface area contributed by atoms with Crippen LogP contribution in [0.25, 0.3) is 0 Å². The van der Waals surface area contributed by atoms with Crippen LogP contribution in [0.4, 0.5) is 0 Å². The van der Waals surface area contributed by atoms with E-state index in [1.165, 1.54) is 12.8 Å². The zero-order chi connectivity index (χ0) is 8.43. The van der Waals surface area contributed by atoms with Crippen molar-refractivity contribution in [1.82, 2.24) is 10.4 Å². The second-order valence-corrected chi connectivity index (χ2v) is 4.15. The minimum absolute atomic E-state index is 0.707. The molecule has 0 aromatic heterocycles. The highest BCUT2D eigenvalue weighted by molar-refractivity contribution is 4.80. The lowest BCUT2D eigenvalue weighted by Crippen LogP contribution is -2.35. The Kier molecular flexibility index (Phi) is 2.90. The molecule has 0 bridgehead atoms. The molecule has 1 saturated heterocycles. The Morgan fingerprint density at radius 1 is 1.55 bits per heavy atom. The molecule has 1 rings (SSSR count). The number of rotatable bonds is 2. The third kappa shape index (κ3) is 2.46. The predicted molar refractivity (Wildman–Crippen MR) is 48.2 cm³/mol. The molecule has 2 heteroatoms. The summed E-state index contributed by atoms with van der Waals surface area (Å²) in [6.45, 7) is 6.84. The van der Waals surface area contributed by atoms with Gasteiger partial charge in [-0.1, -0.05) is 13.8 Å². The smallest absolute Gasteiger partial charge is 0.0233 e. The van der Waals surface area contributed by atoms with Gasteiger partial charge < -0.3 is 0 Å². The van der Waals surface area contributed by atoms with Crippen molar-refractivity contribution in [2.45, 2.75) is 45.7 Å². The van der Waals surface area contributed by atoms with Crippen molar-refractivity contribution in [1.29, 1.82) is 0 Å². The van der Waals surface area contributed by atoms with Gasteiger partial charge in [-0.05, 0) is 25.7 Å². The average molecular weight is 156 g/mol. The van der Waals surface area contributed by atoms with Gasteiger partial charge in [-0.3, -0.25) is 5.43 Å². The Labute approximate surface area is 69.9 Å². The molecule has 66 valence electrons. The van der Waals surface area contributed by atoms with E-state index in [4.69, 9.17) is 0 Å². The lowest BCUT2D eigenvalue weighted by molar-refractivity contribution is 0.233. The van der Waals surface area contributed by atoms with Crippen LogP contribution in [0, 0.1) is 5.92 Å². The van der Waals surface area contributed by atoms with E-state index in [1.54, 1.807) is 0 Å². The molecule has 0 aliphatic carbocycles. The normalized spacial score (nSPS) is 33.5. The highest BCUT2D eigenvalue weighted by Gasteiger charge is 2.25. The van der Waals surface area contributed by atoms with E-state index in [-0.39, 0.29) is 0 Å². The lowest BCUT2D eigenvalue weighted by Gasteiger charge is -2.15. The second kappa shape index (κ2) is 3.55. The second-order valence-electron chi connectivity index (χ2n) is 4.15. The number of nitrogens with zero attached hydrogens (tertiary/aromatic N) is 1. The van der Waals surface area contributed by atoms with Gasteiger partial charge in [0.05, 0.1) is 0 Å². The molecule has 1 N–H and O–H groups in total. The van der Waals surface area contributed by atoms with Crippen LogP contribution in [0.2, 0.25) is 0 Å². The molecule has 0 aromatic rings. The van der Waals surface area contributed by atoms with E-state index in [2.05, 4.69) is 38.3 Å². The molecule has 0 radical (unpaired) electrons. The fourth-order valence-corrected chi connectivity index (χ4v) is 1.76. The van der Waals surface area contributed by atoms with Gasteiger partial charge in [0.15, 0.2) is 0 Å². The van der Waals surface area contributed by atoms with Crippen molar-refractivity contribution in [2.24, 2.45) is 5.92 Å². The molecule has 2 nitrogen and oxygen atoms in total. The third-order valence-electron chi connectivity index (χ3n) is 2.43. The topological polar surface area (TPSA) is 15.3 Å². The summed E-state index contributed by atoms with van der Waals surface area (Å²) in [6, 6.07) is 1.42. The van der Waals surface area contributed by atoms with Gasteiger partial charge in [-0.15, -0.1) is 0 Å². The molecule has 1 aliphatic heterocycles. The number of hydrogen-bond acceptors (Lipinski definition) is 2. The van der Waals surface area contributed by atoms with Crippen molar-refractivity contribution in [2.75, 3.05) is 7.05 Å². The maximum atomic E-state index is 3.47. The molecule has 0 saturated carbocycles. The van der Waals surface area contributed by atoms with Gasteiger partial charge in [0.25, 0.3) is 0 Å². The molecule has 0 aromatic carbocycles. The Morgan fingerprint density at radius 3 is 2.55 bits per heavy atom. The van der Waals surface area contributed by atoms with Crippen molar-refractivity contribution in [3.8, 4) is 0 Å². The summed E-state index contributed by atoms with van der Waals surface area (Å²) >= 11 is 0. The third-order valence-corrected chi connectivity index (χ3v) is 2.43. The Balaban J connectivity index is 2.29. The highest BCUT2D eigenvalue weighted by Crippen LogP contribution is 2.17. The molecular formula is C9H20N2. The van der Waals surface area contributed by atoms with Crippen LogP contribution in [-0.2, 0) is 0 Å². The van der Waals surface area contributed by atoms with E-state index in [0.717, 1.165) is 12.0 Å². The minimum atomic E-state index is 0.707. The molecule has 1 aliphatic rings. The first kappa shape index (κ1) is 9.01. The van der Waals surface area contributed by atoms with Crippen molar-refractivity contribution in [3.05, 3.63) is 0 Å². The predicted octanol–water partition coefficient (Wildman–Crippen LogP) is 1.63.